The third-order valence-corrected chi connectivity index (χ3v) is 6.32. The van der Waals surface area contributed by atoms with Crippen LogP contribution in [0.3, 0.4) is 0 Å². The molecule has 1 saturated carbocycles. The average molecular weight is 267 g/mol. The van der Waals surface area contributed by atoms with Crippen LogP contribution in [0.5, 0.6) is 0 Å². The zero-order valence-corrected chi connectivity index (χ0v) is 10.0. The summed E-state index contributed by atoms with van der Waals surface area (Å²) in [6.45, 7) is 0. The van der Waals surface area contributed by atoms with Crippen LogP contribution in [0.1, 0.15) is 25.7 Å². The lowest BCUT2D eigenvalue weighted by atomic mass is 9.79. The largest absolute Gasteiger partial charge is 0.229 e. The lowest BCUT2D eigenvalue weighted by Crippen LogP contribution is -2.27. The van der Waals surface area contributed by atoms with Crippen molar-refractivity contribution in [3.63, 3.8) is 0 Å². The molecule has 2 aliphatic rings. The molecular formula is C9H15BrO2S. The summed E-state index contributed by atoms with van der Waals surface area (Å²) in [7, 11) is -2.70. The first-order chi connectivity index (χ1) is 6.08. The van der Waals surface area contributed by atoms with E-state index < -0.39 is 9.84 Å². The predicted molar refractivity (Wildman–Crippen MR) is 56.8 cm³/mol. The van der Waals surface area contributed by atoms with Crippen LogP contribution in [0, 0.1) is 11.3 Å². The molecule has 0 aromatic carbocycles. The molecule has 4 heteroatoms. The molecule has 2 rings (SSSR count). The second-order valence-corrected chi connectivity index (χ2v) is 7.28. The van der Waals surface area contributed by atoms with E-state index in [1.54, 1.807) is 0 Å². The Morgan fingerprint density at radius 3 is 2.69 bits per heavy atom. The molecule has 1 saturated heterocycles. The molecule has 2 atom stereocenters. The molecule has 0 radical (unpaired) electrons. The molecule has 76 valence electrons. The van der Waals surface area contributed by atoms with Gasteiger partial charge in [0.1, 0.15) is 0 Å². The molecule has 2 fully saturated rings. The van der Waals surface area contributed by atoms with Crippen LogP contribution in [0.4, 0.5) is 0 Å². The van der Waals surface area contributed by atoms with E-state index in [-0.39, 0.29) is 5.41 Å². The Hall–Kier alpha value is 0.430. The van der Waals surface area contributed by atoms with Gasteiger partial charge in [-0.05, 0) is 30.6 Å². The summed E-state index contributed by atoms with van der Waals surface area (Å²) in [6.07, 6.45) is 4.46. The zero-order valence-electron chi connectivity index (χ0n) is 7.63. The van der Waals surface area contributed by atoms with Gasteiger partial charge in [0.25, 0.3) is 0 Å². The van der Waals surface area contributed by atoms with Crippen molar-refractivity contribution in [3.05, 3.63) is 0 Å². The van der Waals surface area contributed by atoms with Crippen LogP contribution >= 0.6 is 15.9 Å². The predicted octanol–water partition coefficient (Wildman–Crippen LogP) is 1.99. The first kappa shape index (κ1) is 9.97. The number of hydrogen-bond donors (Lipinski definition) is 0. The molecule has 0 aromatic rings. The number of rotatable bonds is 1. The molecular weight excluding hydrogens is 252 g/mol. The van der Waals surface area contributed by atoms with Crippen molar-refractivity contribution >= 4 is 25.8 Å². The first-order valence-corrected chi connectivity index (χ1v) is 7.79. The maximum absolute atomic E-state index is 11.4. The second kappa shape index (κ2) is 3.23. The highest BCUT2D eigenvalue weighted by Crippen LogP contribution is 2.51. The van der Waals surface area contributed by atoms with Gasteiger partial charge in [-0.1, -0.05) is 22.4 Å². The van der Waals surface area contributed by atoms with E-state index in [0.717, 1.165) is 18.2 Å². The molecule has 1 heterocycles. The van der Waals surface area contributed by atoms with Crippen LogP contribution in [0.2, 0.25) is 0 Å². The maximum Gasteiger partial charge on any atom is 0.150 e. The highest BCUT2D eigenvalue weighted by Gasteiger charge is 2.49. The third-order valence-electron chi connectivity index (χ3n) is 3.70. The highest BCUT2D eigenvalue weighted by atomic mass is 79.9. The van der Waals surface area contributed by atoms with Gasteiger partial charge in [0.05, 0.1) is 11.5 Å². The minimum absolute atomic E-state index is 0.155. The Labute approximate surface area is 88.1 Å². The summed E-state index contributed by atoms with van der Waals surface area (Å²) >= 11 is 3.50. The molecule has 0 aromatic heterocycles. The van der Waals surface area contributed by atoms with Crippen LogP contribution in [-0.2, 0) is 9.84 Å². The van der Waals surface area contributed by atoms with Gasteiger partial charge < -0.3 is 0 Å². The minimum atomic E-state index is -2.70. The smallest absolute Gasteiger partial charge is 0.150 e. The van der Waals surface area contributed by atoms with E-state index in [2.05, 4.69) is 15.9 Å². The van der Waals surface area contributed by atoms with Crippen molar-refractivity contribution in [1.82, 2.24) is 0 Å². The fourth-order valence-electron chi connectivity index (χ4n) is 2.91. The van der Waals surface area contributed by atoms with Crippen LogP contribution in [0.25, 0.3) is 0 Å². The van der Waals surface area contributed by atoms with E-state index in [1.165, 1.54) is 12.8 Å². The molecule has 0 N–H and O–H groups in total. The van der Waals surface area contributed by atoms with E-state index in [0.29, 0.717) is 17.4 Å². The monoisotopic (exact) mass is 266 g/mol. The number of sulfone groups is 1. The molecule has 0 bridgehead atoms. The minimum Gasteiger partial charge on any atom is -0.229 e. The molecule has 0 amide bonds. The van der Waals surface area contributed by atoms with Crippen molar-refractivity contribution in [2.75, 3.05) is 16.8 Å². The van der Waals surface area contributed by atoms with Crippen LogP contribution in [-0.4, -0.2) is 25.3 Å². The molecule has 1 spiro atoms. The zero-order chi connectivity index (χ0) is 9.53. The standard InChI is InChI=1S/C9H15BrO2S/c10-6-8-2-1-3-9(8)4-5-13(11,12)7-9/h8H,1-7H2. The van der Waals surface area contributed by atoms with Crippen molar-refractivity contribution in [2.45, 2.75) is 25.7 Å². The van der Waals surface area contributed by atoms with E-state index in [9.17, 15) is 8.42 Å². The Morgan fingerprint density at radius 1 is 1.38 bits per heavy atom. The summed E-state index contributed by atoms with van der Waals surface area (Å²) in [6, 6.07) is 0. The van der Waals surface area contributed by atoms with Gasteiger partial charge in [0.15, 0.2) is 9.84 Å². The topological polar surface area (TPSA) is 34.1 Å². The summed E-state index contributed by atoms with van der Waals surface area (Å²) in [5.41, 5.74) is 0.155. The number of hydrogen-bond acceptors (Lipinski definition) is 2. The molecule has 2 nitrogen and oxygen atoms in total. The lowest BCUT2D eigenvalue weighted by Gasteiger charge is -2.28. The van der Waals surface area contributed by atoms with Gasteiger partial charge in [-0.2, -0.15) is 0 Å². The van der Waals surface area contributed by atoms with Crippen molar-refractivity contribution < 1.29 is 8.42 Å². The summed E-state index contributed by atoms with van der Waals surface area (Å²) in [4.78, 5) is 0. The van der Waals surface area contributed by atoms with Gasteiger partial charge in [-0.15, -0.1) is 0 Å². The first-order valence-electron chi connectivity index (χ1n) is 4.84. The molecule has 1 aliphatic carbocycles. The Morgan fingerprint density at radius 2 is 2.15 bits per heavy atom. The van der Waals surface area contributed by atoms with Gasteiger partial charge in [-0.3, -0.25) is 0 Å². The van der Waals surface area contributed by atoms with Crippen LogP contribution < -0.4 is 0 Å². The van der Waals surface area contributed by atoms with Gasteiger partial charge in [-0.25, -0.2) is 8.42 Å². The van der Waals surface area contributed by atoms with Crippen molar-refractivity contribution in [1.29, 1.82) is 0 Å². The average Bonchev–Trinajstić information content (AvgIpc) is 2.57. The normalized spacial score (nSPS) is 43.0. The summed E-state index contributed by atoms with van der Waals surface area (Å²) in [5.74, 6) is 1.48. The second-order valence-electron chi connectivity index (χ2n) is 4.45. The maximum atomic E-state index is 11.4. The van der Waals surface area contributed by atoms with E-state index >= 15 is 0 Å². The Balaban J connectivity index is 2.22. The summed E-state index contributed by atoms with van der Waals surface area (Å²) < 4.78 is 22.9. The number of halogens is 1. The van der Waals surface area contributed by atoms with Gasteiger partial charge in [0, 0.05) is 5.33 Å². The Kier molecular flexibility index (Phi) is 2.47. The van der Waals surface area contributed by atoms with Gasteiger partial charge in [0.2, 0.25) is 0 Å². The summed E-state index contributed by atoms with van der Waals surface area (Å²) in [5, 5.41) is 0.975. The molecule has 13 heavy (non-hydrogen) atoms. The van der Waals surface area contributed by atoms with Crippen molar-refractivity contribution in [3.8, 4) is 0 Å². The Bertz CT molecular complexity index is 299. The molecule has 1 aliphatic heterocycles. The fourth-order valence-corrected chi connectivity index (χ4v) is 6.18. The van der Waals surface area contributed by atoms with Crippen LogP contribution in [0.15, 0.2) is 0 Å². The van der Waals surface area contributed by atoms with Crippen molar-refractivity contribution in [2.24, 2.45) is 11.3 Å². The number of alkyl halides is 1. The van der Waals surface area contributed by atoms with E-state index in [4.69, 9.17) is 0 Å². The quantitative estimate of drug-likeness (QED) is 0.681. The fraction of sp³-hybridized carbons (Fsp3) is 1.00. The highest BCUT2D eigenvalue weighted by molar-refractivity contribution is 9.09. The van der Waals surface area contributed by atoms with Gasteiger partial charge >= 0.3 is 0 Å². The third kappa shape index (κ3) is 1.67. The molecule has 2 unspecified atom stereocenters. The lowest BCUT2D eigenvalue weighted by molar-refractivity contribution is 0.262. The SMILES string of the molecule is O=S1(=O)CCC2(CCCC2CBr)C1. The van der Waals surface area contributed by atoms with E-state index in [1.807, 2.05) is 0 Å².